The maximum atomic E-state index is 12.7. The monoisotopic (exact) mass is 381 g/mol. The molecule has 2 aromatic carbocycles. The number of nitrogen functional groups attached to an aromatic ring is 1. The number of nitrogens with two attached hydrogens (primary N) is 1. The molecule has 10 heteroatoms. The number of aromatic nitrogens is 3. The number of nitrogens with zero attached hydrogens (tertiary/aromatic N) is 3. The molecule has 0 aliphatic rings. The fraction of sp³-hybridized carbons (Fsp3) is 0.188. The van der Waals surface area contributed by atoms with Gasteiger partial charge in [-0.25, -0.2) is 4.68 Å². The number of alkyl halides is 3. The number of carbonyl (C=O) groups is 1. The summed E-state index contributed by atoms with van der Waals surface area (Å²) in [4.78, 5) is 12.4. The summed E-state index contributed by atoms with van der Waals surface area (Å²) in [6.07, 6.45) is -4.71. The predicted molar refractivity (Wildman–Crippen MR) is 93.1 cm³/mol. The third kappa shape index (κ3) is 3.59. The van der Waals surface area contributed by atoms with Crippen LogP contribution in [-0.4, -0.2) is 26.0 Å². The number of amides is 1. The SMILES string of the molecule is C[C@@H](Sc1nnc(C(F)(F)F)n1N)C(=O)Nc1cccc2ccccc12. The van der Waals surface area contributed by atoms with Gasteiger partial charge < -0.3 is 11.2 Å². The first-order valence-corrected chi connectivity index (χ1v) is 8.38. The number of benzene rings is 2. The minimum atomic E-state index is -4.71. The Bertz CT molecular complexity index is 951. The van der Waals surface area contributed by atoms with E-state index in [9.17, 15) is 18.0 Å². The lowest BCUT2D eigenvalue weighted by molar-refractivity contribution is -0.146. The molecule has 0 unspecified atom stereocenters. The van der Waals surface area contributed by atoms with Gasteiger partial charge in [0.1, 0.15) is 0 Å². The first-order valence-electron chi connectivity index (χ1n) is 7.50. The van der Waals surface area contributed by atoms with Crippen molar-refractivity contribution in [3.63, 3.8) is 0 Å². The number of carbonyl (C=O) groups excluding carboxylic acids is 1. The molecule has 0 saturated carbocycles. The topological polar surface area (TPSA) is 85.8 Å². The summed E-state index contributed by atoms with van der Waals surface area (Å²) in [7, 11) is 0. The number of fused-ring (bicyclic) bond motifs is 1. The lowest BCUT2D eigenvalue weighted by Crippen LogP contribution is -2.25. The first-order chi connectivity index (χ1) is 12.3. The van der Waals surface area contributed by atoms with Crippen molar-refractivity contribution >= 4 is 34.1 Å². The van der Waals surface area contributed by atoms with Crippen molar-refractivity contribution in [2.45, 2.75) is 23.5 Å². The molecular formula is C16H14F3N5OS. The average molecular weight is 381 g/mol. The predicted octanol–water partition coefficient (Wildman–Crippen LogP) is 3.28. The zero-order chi connectivity index (χ0) is 18.9. The second-order valence-corrected chi connectivity index (χ2v) is 6.76. The van der Waals surface area contributed by atoms with Crippen LogP contribution >= 0.6 is 11.8 Å². The Morgan fingerprint density at radius 3 is 2.58 bits per heavy atom. The standard InChI is InChI=1S/C16H14F3N5OS/c1-9(26-15-23-22-14(24(15)20)16(17,18)19)13(25)21-12-8-4-6-10-5-2-3-7-11(10)12/h2-9H,20H2,1H3,(H,21,25)/t9-/m1/s1. The Balaban J connectivity index is 1.75. The van der Waals surface area contributed by atoms with E-state index in [2.05, 4.69) is 15.5 Å². The molecular weight excluding hydrogens is 367 g/mol. The molecule has 0 fully saturated rings. The third-order valence-corrected chi connectivity index (χ3v) is 4.67. The molecule has 1 heterocycles. The molecule has 3 rings (SSSR count). The van der Waals surface area contributed by atoms with Crippen LogP contribution in [0, 0.1) is 0 Å². The smallest absolute Gasteiger partial charge is 0.335 e. The van der Waals surface area contributed by atoms with E-state index in [-0.39, 0.29) is 11.1 Å². The van der Waals surface area contributed by atoms with E-state index in [0.29, 0.717) is 10.4 Å². The second kappa shape index (κ2) is 6.87. The number of anilines is 1. The van der Waals surface area contributed by atoms with Crippen LogP contribution in [-0.2, 0) is 11.0 Å². The fourth-order valence-corrected chi connectivity index (χ4v) is 3.10. The van der Waals surface area contributed by atoms with Crippen molar-refractivity contribution in [1.82, 2.24) is 14.9 Å². The maximum Gasteiger partial charge on any atom is 0.453 e. The Morgan fingerprint density at radius 1 is 1.19 bits per heavy atom. The van der Waals surface area contributed by atoms with Gasteiger partial charge in [0.25, 0.3) is 5.82 Å². The molecule has 0 aliphatic heterocycles. The van der Waals surface area contributed by atoms with E-state index in [1.165, 1.54) is 0 Å². The molecule has 0 saturated heterocycles. The van der Waals surface area contributed by atoms with Crippen LogP contribution < -0.4 is 11.2 Å². The molecule has 6 nitrogen and oxygen atoms in total. The Kier molecular flexibility index (Phi) is 4.77. The van der Waals surface area contributed by atoms with Crippen LogP contribution in [0.25, 0.3) is 10.8 Å². The molecule has 3 N–H and O–H groups in total. The highest BCUT2D eigenvalue weighted by atomic mass is 32.2. The Hall–Kier alpha value is -2.75. The number of halogens is 3. The van der Waals surface area contributed by atoms with Crippen molar-refractivity contribution in [2.75, 3.05) is 11.2 Å². The lowest BCUT2D eigenvalue weighted by atomic mass is 10.1. The molecule has 136 valence electrons. The highest BCUT2D eigenvalue weighted by Gasteiger charge is 2.38. The molecule has 3 aromatic rings. The van der Waals surface area contributed by atoms with E-state index >= 15 is 0 Å². The van der Waals surface area contributed by atoms with Gasteiger partial charge in [-0.05, 0) is 18.4 Å². The maximum absolute atomic E-state index is 12.7. The third-order valence-electron chi connectivity index (χ3n) is 3.62. The highest BCUT2D eigenvalue weighted by molar-refractivity contribution is 8.00. The normalized spacial score (nSPS) is 12.9. The Morgan fingerprint density at radius 2 is 1.88 bits per heavy atom. The van der Waals surface area contributed by atoms with Crippen molar-refractivity contribution in [1.29, 1.82) is 0 Å². The summed E-state index contributed by atoms with van der Waals surface area (Å²) >= 11 is 0.792. The van der Waals surface area contributed by atoms with Crippen molar-refractivity contribution in [3.05, 3.63) is 48.3 Å². The number of nitrogens with one attached hydrogen (secondary N) is 1. The number of rotatable bonds is 4. The van der Waals surface area contributed by atoms with E-state index in [4.69, 9.17) is 5.84 Å². The Labute approximate surface area is 150 Å². The zero-order valence-electron chi connectivity index (χ0n) is 13.5. The van der Waals surface area contributed by atoms with Gasteiger partial charge in [-0.3, -0.25) is 4.79 Å². The summed E-state index contributed by atoms with van der Waals surface area (Å²) < 4.78 is 38.4. The first kappa shape index (κ1) is 18.1. The minimum Gasteiger partial charge on any atom is -0.335 e. The fourth-order valence-electron chi connectivity index (χ4n) is 2.33. The second-order valence-electron chi connectivity index (χ2n) is 5.45. The van der Waals surface area contributed by atoms with Crippen molar-refractivity contribution in [2.24, 2.45) is 0 Å². The van der Waals surface area contributed by atoms with Gasteiger partial charge in [-0.1, -0.05) is 48.2 Å². The summed E-state index contributed by atoms with van der Waals surface area (Å²) in [5.41, 5.74) is 0.616. The quantitative estimate of drug-likeness (QED) is 0.535. The van der Waals surface area contributed by atoms with Gasteiger partial charge in [-0.15, -0.1) is 10.2 Å². The molecule has 1 atom stereocenters. The van der Waals surface area contributed by atoms with Crippen LogP contribution in [0.15, 0.2) is 47.6 Å². The molecule has 0 radical (unpaired) electrons. The van der Waals surface area contributed by atoms with Crippen LogP contribution in [0.4, 0.5) is 18.9 Å². The number of hydrogen-bond acceptors (Lipinski definition) is 5. The van der Waals surface area contributed by atoms with E-state index in [1.54, 1.807) is 13.0 Å². The van der Waals surface area contributed by atoms with Crippen LogP contribution in [0.3, 0.4) is 0 Å². The van der Waals surface area contributed by atoms with E-state index in [0.717, 1.165) is 22.5 Å². The van der Waals surface area contributed by atoms with Gasteiger partial charge in [-0.2, -0.15) is 13.2 Å². The van der Waals surface area contributed by atoms with Crippen molar-refractivity contribution in [3.8, 4) is 0 Å². The van der Waals surface area contributed by atoms with Gasteiger partial charge in [0.05, 0.1) is 5.25 Å². The molecule has 26 heavy (non-hydrogen) atoms. The van der Waals surface area contributed by atoms with Gasteiger partial charge in [0, 0.05) is 11.1 Å². The van der Waals surface area contributed by atoms with E-state index < -0.39 is 17.3 Å². The van der Waals surface area contributed by atoms with Gasteiger partial charge in [0.15, 0.2) is 0 Å². The van der Waals surface area contributed by atoms with Gasteiger partial charge in [0.2, 0.25) is 11.1 Å². The summed E-state index contributed by atoms with van der Waals surface area (Å²) in [5, 5.41) is 10.1. The van der Waals surface area contributed by atoms with Crippen molar-refractivity contribution < 1.29 is 18.0 Å². The summed E-state index contributed by atoms with van der Waals surface area (Å²) in [5.74, 6) is 3.68. The largest absolute Gasteiger partial charge is 0.453 e. The van der Waals surface area contributed by atoms with Crippen LogP contribution in [0.1, 0.15) is 12.7 Å². The minimum absolute atomic E-state index is 0.196. The number of thioether (sulfide) groups is 1. The number of hydrogen-bond donors (Lipinski definition) is 2. The average Bonchev–Trinajstić information content (AvgIpc) is 2.96. The highest BCUT2D eigenvalue weighted by Crippen LogP contribution is 2.30. The summed E-state index contributed by atoms with van der Waals surface area (Å²) in [6, 6.07) is 13.0. The molecule has 1 amide bonds. The van der Waals surface area contributed by atoms with Crippen LogP contribution in [0.2, 0.25) is 0 Å². The zero-order valence-corrected chi connectivity index (χ0v) is 14.3. The van der Waals surface area contributed by atoms with Gasteiger partial charge >= 0.3 is 6.18 Å². The molecule has 0 aliphatic carbocycles. The molecule has 0 spiro atoms. The molecule has 1 aromatic heterocycles. The van der Waals surface area contributed by atoms with E-state index in [1.807, 2.05) is 36.4 Å². The lowest BCUT2D eigenvalue weighted by Gasteiger charge is -2.13. The summed E-state index contributed by atoms with van der Waals surface area (Å²) in [6.45, 7) is 1.55. The molecule has 0 bridgehead atoms. The van der Waals surface area contributed by atoms with Crippen LogP contribution in [0.5, 0.6) is 0 Å².